The Kier molecular flexibility index (Phi) is 74.1. The highest BCUT2D eigenvalue weighted by Crippen LogP contribution is 2.45. The number of unbranched alkanes of at least 4 members (excludes halogenated alkanes) is 53. The van der Waals surface area contributed by atoms with Crippen molar-refractivity contribution in [1.29, 1.82) is 0 Å². The molecular formula is C84H164O17P2. The molecule has 0 rings (SSSR count). The Balaban J connectivity index is 5.21. The summed E-state index contributed by atoms with van der Waals surface area (Å²) >= 11 is 0. The summed E-state index contributed by atoms with van der Waals surface area (Å²) in [4.78, 5) is 73.1. The fourth-order valence-electron chi connectivity index (χ4n) is 13.1. The molecule has 0 fully saturated rings. The molecule has 0 radical (unpaired) electrons. The summed E-state index contributed by atoms with van der Waals surface area (Å²) in [6, 6.07) is 0. The highest BCUT2D eigenvalue weighted by molar-refractivity contribution is 7.47. The summed E-state index contributed by atoms with van der Waals surface area (Å²) in [6.45, 7) is 9.59. The largest absolute Gasteiger partial charge is 0.472 e. The van der Waals surface area contributed by atoms with E-state index in [9.17, 15) is 43.2 Å². The molecule has 17 nitrogen and oxygen atoms in total. The van der Waals surface area contributed by atoms with Gasteiger partial charge in [-0.3, -0.25) is 37.3 Å². The van der Waals surface area contributed by atoms with Crippen molar-refractivity contribution < 1.29 is 80.2 Å². The molecule has 3 N–H and O–H groups in total. The van der Waals surface area contributed by atoms with E-state index in [2.05, 4.69) is 41.5 Å². The van der Waals surface area contributed by atoms with E-state index in [4.69, 9.17) is 37.0 Å². The number of hydrogen-bond donors (Lipinski definition) is 3. The fourth-order valence-corrected chi connectivity index (χ4v) is 14.6. The van der Waals surface area contributed by atoms with Crippen molar-refractivity contribution in [3.05, 3.63) is 0 Å². The lowest BCUT2D eigenvalue weighted by Gasteiger charge is -2.21. The average molecular weight is 1510 g/mol. The molecule has 0 saturated carbocycles. The molecule has 0 amide bonds. The van der Waals surface area contributed by atoms with Crippen molar-refractivity contribution in [3.8, 4) is 0 Å². The maximum atomic E-state index is 13.1. The Labute approximate surface area is 632 Å². The molecular weight excluding hydrogens is 1340 g/mol. The van der Waals surface area contributed by atoms with E-state index < -0.39 is 97.5 Å². The molecule has 19 heteroatoms. The minimum Gasteiger partial charge on any atom is -0.462 e. The first-order chi connectivity index (χ1) is 49.9. The van der Waals surface area contributed by atoms with Gasteiger partial charge in [-0.2, -0.15) is 0 Å². The number of phosphoric acid groups is 2. The Morgan fingerprint density at radius 3 is 0.660 bits per heavy atom. The molecule has 0 bridgehead atoms. The monoisotopic (exact) mass is 1510 g/mol. The van der Waals surface area contributed by atoms with Crippen LogP contribution in [0.25, 0.3) is 0 Å². The van der Waals surface area contributed by atoms with Crippen molar-refractivity contribution in [2.24, 2.45) is 11.8 Å². The van der Waals surface area contributed by atoms with Gasteiger partial charge < -0.3 is 33.8 Å². The molecule has 0 aromatic heterocycles. The van der Waals surface area contributed by atoms with Gasteiger partial charge in [0, 0.05) is 25.7 Å². The lowest BCUT2D eigenvalue weighted by atomic mass is 10.0. The van der Waals surface area contributed by atoms with Gasteiger partial charge in [-0.15, -0.1) is 0 Å². The van der Waals surface area contributed by atoms with Gasteiger partial charge >= 0.3 is 39.5 Å². The zero-order chi connectivity index (χ0) is 75.6. The average Bonchev–Trinajstić information content (AvgIpc) is 0.918. The van der Waals surface area contributed by atoms with Crippen LogP contribution in [0.4, 0.5) is 0 Å². The number of rotatable bonds is 83. The van der Waals surface area contributed by atoms with E-state index >= 15 is 0 Å². The molecule has 5 atom stereocenters. The van der Waals surface area contributed by atoms with Crippen LogP contribution in [0.3, 0.4) is 0 Å². The van der Waals surface area contributed by atoms with Gasteiger partial charge in [0.2, 0.25) is 0 Å². The summed E-state index contributed by atoms with van der Waals surface area (Å²) in [7, 11) is -9.92. The van der Waals surface area contributed by atoms with Crippen LogP contribution in [0.5, 0.6) is 0 Å². The van der Waals surface area contributed by atoms with Gasteiger partial charge in [0.25, 0.3) is 0 Å². The quantitative estimate of drug-likeness (QED) is 0.0222. The van der Waals surface area contributed by atoms with Crippen LogP contribution in [0.2, 0.25) is 0 Å². The summed E-state index contributed by atoms with van der Waals surface area (Å²) in [5.41, 5.74) is 0. The van der Waals surface area contributed by atoms with Gasteiger partial charge in [-0.05, 0) is 37.5 Å². The smallest absolute Gasteiger partial charge is 0.462 e. The molecule has 0 saturated heterocycles. The Bertz CT molecular complexity index is 1980. The summed E-state index contributed by atoms with van der Waals surface area (Å²) < 4.78 is 68.8. The standard InChI is InChI=1S/C84H164O17P2/c1-7-9-11-13-15-17-19-21-23-25-27-28-30-32-36-40-44-48-56-62-68-83(88)100-79(72-94-81(86)66-60-54-47-43-39-35-31-29-26-24-22-20-18-16-14-12-10-8-2)74-98-102(90,91)96-70-78(85)71-97-103(92,93)99-75-80(73-95-82(87)67-61-55-51-50-53-59-65-77(5)6)101-84(89)69-63-57-49-45-41-37-33-34-38-42-46-52-58-64-76(3)4/h76-80,85H,7-75H2,1-6H3,(H,90,91)(H,92,93)/t78-,79-,80-/m1/s1. The normalized spacial score (nSPS) is 13.9. The number of carbonyl (C=O) groups excluding carboxylic acids is 4. The molecule has 0 aliphatic carbocycles. The van der Waals surface area contributed by atoms with E-state index in [1.54, 1.807) is 0 Å². The zero-order valence-electron chi connectivity index (χ0n) is 67.6. The van der Waals surface area contributed by atoms with E-state index in [-0.39, 0.29) is 25.7 Å². The highest BCUT2D eigenvalue weighted by Gasteiger charge is 2.30. The lowest BCUT2D eigenvalue weighted by molar-refractivity contribution is -0.161. The molecule has 103 heavy (non-hydrogen) atoms. The van der Waals surface area contributed by atoms with Crippen molar-refractivity contribution in [1.82, 2.24) is 0 Å². The number of phosphoric ester groups is 2. The number of aliphatic hydroxyl groups is 1. The molecule has 0 aromatic carbocycles. The van der Waals surface area contributed by atoms with Crippen LogP contribution in [-0.4, -0.2) is 96.7 Å². The highest BCUT2D eigenvalue weighted by atomic mass is 31.2. The van der Waals surface area contributed by atoms with Crippen LogP contribution >= 0.6 is 15.6 Å². The van der Waals surface area contributed by atoms with E-state index in [1.165, 1.54) is 257 Å². The number of esters is 4. The second-order valence-electron chi connectivity index (χ2n) is 31.2. The molecule has 612 valence electrons. The topological polar surface area (TPSA) is 237 Å². The van der Waals surface area contributed by atoms with Gasteiger partial charge in [0.05, 0.1) is 26.4 Å². The summed E-state index contributed by atoms with van der Waals surface area (Å²) in [5.74, 6) is -0.641. The first kappa shape index (κ1) is 101. The van der Waals surface area contributed by atoms with Crippen LogP contribution in [0.1, 0.15) is 446 Å². The van der Waals surface area contributed by atoms with Gasteiger partial charge in [-0.1, -0.05) is 395 Å². The van der Waals surface area contributed by atoms with Crippen LogP contribution in [0, 0.1) is 11.8 Å². The summed E-state index contributed by atoms with van der Waals surface area (Å²) in [6.07, 6.45) is 66.9. The predicted molar refractivity (Wildman–Crippen MR) is 423 cm³/mol. The van der Waals surface area contributed by atoms with Gasteiger partial charge in [-0.25, -0.2) is 9.13 Å². The van der Waals surface area contributed by atoms with Crippen molar-refractivity contribution in [2.45, 2.75) is 464 Å². The zero-order valence-corrected chi connectivity index (χ0v) is 69.4. The Hall–Kier alpha value is -1.94. The third-order valence-corrected chi connectivity index (χ3v) is 21.6. The maximum Gasteiger partial charge on any atom is 0.472 e. The van der Waals surface area contributed by atoms with Crippen molar-refractivity contribution >= 4 is 39.5 Å². The molecule has 0 aliphatic rings. The van der Waals surface area contributed by atoms with E-state index in [1.807, 2.05) is 0 Å². The number of hydrogen-bond acceptors (Lipinski definition) is 15. The number of ether oxygens (including phenoxy) is 4. The first-order valence-corrected chi connectivity index (χ1v) is 46.5. The molecule has 0 aliphatic heterocycles. The van der Waals surface area contributed by atoms with Gasteiger partial charge in [0.15, 0.2) is 12.2 Å². The van der Waals surface area contributed by atoms with Crippen LogP contribution in [-0.2, 0) is 65.4 Å². The molecule has 0 spiro atoms. The minimum atomic E-state index is -4.96. The minimum absolute atomic E-state index is 0.106. The lowest BCUT2D eigenvalue weighted by Crippen LogP contribution is -2.30. The second kappa shape index (κ2) is 75.5. The molecule has 0 aromatic rings. The van der Waals surface area contributed by atoms with Gasteiger partial charge in [0.1, 0.15) is 19.3 Å². The first-order valence-electron chi connectivity index (χ1n) is 43.5. The SMILES string of the molecule is CCCCCCCCCCCCCCCCCCCCCCC(=O)O[C@H](COC(=O)CCCCCCCCCCCCCCCCCCCC)COP(=O)(O)OC[C@@H](O)COP(=O)(O)OC[C@@H](COC(=O)CCCCCCCCC(C)C)OC(=O)CCCCCCCCCCCCCCCC(C)C. The third kappa shape index (κ3) is 78.0. The van der Waals surface area contributed by atoms with E-state index in [0.29, 0.717) is 31.6 Å². The maximum absolute atomic E-state index is 13.1. The van der Waals surface area contributed by atoms with Crippen LogP contribution in [0.15, 0.2) is 0 Å². The van der Waals surface area contributed by atoms with Crippen molar-refractivity contribution in [3.63, 3.8) is 0 Å². The van der Waals surface area contributed by atoms with Crippen LogP contribution < -0.4 is 0 Å². The Morgan fingerprint density at radius 2 is 0.447 bits per heavy atom. The molecule has 0 heterocycles. The Morgan fingerprint density at radius 1 is 0.262 bits per heavy atom. The number of aliphatic hydroxyl groups excluding tert-OH is 1. The number of carbonyl (C=O) groups is 4. The van der Waals surface area contributed by atoms with Crippen molar-refractivity contribution in [2.75, 3.05) is 39.6 Å². The predicted octanol–water partition coefficient (Wildman–Crippen LogP) is 25.5. The fraction of sp³-hybridized carbons (Fsp3) is 0.952. The third-order valence-electron chi connectivity index (χ3n) is 19.7. The molecule has 2 unspecified atom stereocenters. The second-order valence-corrected chi connectivity index (χ2v) is 34.1. The summed E-state index contributed by atoms with van der Waals surface area (Å²) in [5, 5.41) is 10.7. The van der Waals surface area contributed by atoms with E-state index in [0.717, 1.165) is 102 Å².